The fraction of sp³-hybridized carbons (Fsp3) is 0.333. The highest BCUT2D eigenvalue weighted by Crippen LogP contribution is 2.27. The molecule has 0 fully saturated rings. The molecule has 0 bridgehead atoms. The van der Waals surface area contributed by atoms with Gasteiger partial charge in [0.25, 0.3) is 0 Å². The summed E-state index contributed by atoms with van der Waals surface area (Å²) in [6, 6.07) is 5.99. The van der Waals surface area contributed by atoms with E-state index >= 15 is 0 Å². The Balaban J connectivity index is 1.98. The van der Waals surface area contributed by atoms with E-state index in [9.17, 15) is 13.2 Å². The molecule has 2 N–H and O–H groups in total. The smallest absolute Gasteiger partial charge is 0.244 e. The van der Waals surface area contributed by atoms with E-state index < -0.39 is 15.9 Å². The van der Waals surface area contributed by atoms with Crippen molar-refractivity contribution in [2.45, 2.75) is 18.2 Å². The third-order valence-corrected chi connectivity index (χ3v) is 4.68. The van der Waals surface area contributed by atoms with Crippen LogP contribution in [0.3, 0.4) is 0 Å². The molecule has 1 amide bonds. The van der Waals surface area contributed by atoms with Crippen LogP contribution in [0.2, 0.25) is 0 Å². The zero-order valence-electron chi connectivity index (χ0n) is 14.0. The lowest BCUT2D eigenvalue weighted by molar-refractivity contribution is -0.116. The lowest BCUT2D eigenvalue weighted by Crippen LogP contribution is -2.28. The van der Waals surface area contributed by atoms with Crippen molar-refractivity contribution in [3.8, 4) is 11.5 Å². The van der Waals surface area contributed by atoms with Crippen molar-refractivity contribution in [1.82, 2.24) is 9.88 Å². The molecule has 0 aliphatic carbocycles. The number of nitrogens with one attached hydrogen (secondary N) is 2. The zero-order valence-corrected chi connectivity index (χ0v) is 14.8. The maximum atomic E-state index is 12.4. The number of amides is 1. The van der Waals surface area contributed by atoms with E-state index in [2.05, 4.69) is 15.2 Å². The first-order chi connectivity index (χ1) is 11.9. The fourth-order valence-electron chi connectivity index (χ4n) is 2.00. The molecular formula is C15H19N3O6S. The number of benzene rings is 1. The predicted octanol–water partition coefficient (Wildman–Crippen LogP) is 1.31. The molecule has 0 saturated heterocycles. The number of aryl methyl sites for hydroxylation is 1. The summed E-state index contributed by atoms with van der Waals surface area (Å²) in [6.45, 7) is 1.60. The van der Waals surface area contributed by atoms with Crippen LogP contribution in [-0.4, -0.2) is 40.2 Å². The van der Waals surface area contributed by atoms with Crippen LogP contribution in [0, 0.1) is 6.92 Å². The second-order valence-corrected chi connectivity index (χ2v) is 6.77. The largest absolute Gasteiger partial charge is 0.497 e. The molecule has 10 heteroatoms. The molecule has 0 aliphatic rings. The minimum absolute atomic E-state index is 0.0677. The topological polar surface area (TPSA) is 120 Å². The third kappa shape index (κ3) is 4.94. The van der Waals surface area contributed by atoms with Gasteiger partial charge in [-0.15, -0.1) is 0 Å². The van der Waals surface area contributed by atoms with E-state index in [1.165, 1.54) is 26.4 Å². The van der Waals surface area contributed by atoms with Crippen molar-refractivity contribution in [3.63, 3.8) is 0 Å². The molecule has 2 rings (SSSR count). The second kappa shape index (κ2) is 7.99. The summed E-state index contributed by atoms with van der Waals surface area (Å²) in [6.07, 6.45) is -0.0720. The molecule has 0 unspecified atom stereocenters. The first-order valence-electron chi connectivity index (χ1n) is 7.30. The highest BCUT2D eigenvalue weighted by molar-refractivity contribution is 7.89. The van der Waals surface area contributed by atoms with Crippen LogP contribution in [0.1, 0.15) is 12.2 Å². The summed E-state index contributed by atoms with van der Waals surface area (Å²) in [5.41, 5.74) is 0. The van der Waals surface area contributed by atoms with E-state index in [1.54, 1.807) is 19.1 Å². The van der Waals surface area contributed by atoms with Crippen molar-refractivity contribution in [2.75, 3.05) is 26.1 Å². The monoisotopic (exact) mass is 369 g/mol. The summed E-state index contributed by atoms with van der Waals surface area (Å²) in [5, 5.41) is 6.13. The number of sulfonamides is 1. The molecule has 0 aliphatic heterocycles. The first kappa shape index (κ1) is 18.7. The number of carbonyl (C=O) groups excluding carboxylic acids is 1. The van der Waals surface area contributed by atoms with Crippen molar-refractivity contribution >= 4 is 21.7 Å². The maximum Gasteiger partial charge on any atom is 0.244 e. The Hall–Kier alpha value is -2.59. The van der Waals surface area contributed by atoms with Gasteiger partial charge in [0.15, 0.2) is 5.82 Å². The average molecular weight is 369 g/mol. The van der Waals surface area contributed by atoms with Crippen LogP contribution < -0.4 is 19.5 Å². The van der Waals surface area contributed by atoms with E-state index in [1.807, 2.05) is 0 Å². The number of rotatable bonds is 8. The highest BCUT2D eigenvalue weighted by Gasteiger charge is 2.20. The Labute approximate surface area is 145 Å². The van der Waals surface area contributed by atoms with E-state index in [-0.39, 0.29) is 29.4 Å². The molecule has 0 radical (unpaired) electrons. The summed E-state index contributed by atoms with van der Waals surface area (Å²) >= 11 is 0. The number of hydrogen-bond acceptors (Lipinski definition) is 7. The molecule has 1 aromatic carbocycles. The molecule has 136 valence electrons. The van der Waals surface area contributed by atoms with Gasteiger partial charge in [0.05, 0.1) is 14.2 Å². The van der Waals surface area contributed by atoms with Gasteiger partial charge in [0.1, 0.15) is 22.2 Å². The number of hydrogen-bond donors (Lipinski definition) is 2. The number of nitrogens with zero attached hydrogens (tertiary/aromatic N) is 1. The van der Waals surface area contributed by atoms with Gasteiger partial charge in [-0.2, -0.15) is 0 Å². The van der Waals surface area contributed by atoms with Crippen molar-refractivity contribution in [2.24, 2.45) is 0 Å². The van der Waals surface area contributed by atoms with Gasteiger partial charge in [0, 0.05) is 25.1 Å². The van der Waals surface area contributed by atoms with Gasteiger partial charge >= 0.3 is 0 Å². The predicted molar refractivity (Wildman–Crippen MR) is 89.2 cm³/mol. The molecular weight excluding hydrogens is 350 g/mol. The summed E-state index contributed by atoms with van der Waals surface area (Å²) in [4.78, 5) is 11.7. The van der Waals surface area contributed by atoms with E-state index in [0.717, 1.165) is 0 Å². The zero-order chi connectivity index (χ0) is 18.4. The standard InChI is InChI=1S/C15H19N3O6S/c1-10-8-14(18-24-10)17-15(19)6-7-16-25(20,21)13-9-11(22-2)4-5-12(13)23-3/h4-5,8-9,16H,6-7H2,1-3H3,(H,17,18,19). The highest BCUT2D eigenvalue weighted by atomic mass is 32.2. The van der Waals surface area contributed by atoms with Crippen LogP contribution in [0.15, 0.2) is 33.7 Å². The van der Waals surface area contributed by atoms with E-state index in [4.69, 9.17) is 14.0 Å². The number of carbonyl (C=O) groups is 1. The van der Waals surface area contributed by atoms with Crippen molar-refractivity contribution in [1.29, 1.82) is 0 Å². The fourth-order valence-corrected chi connectivity index (χ4v) is 3.22. The molecule has 1 aromatic heterocycles. The average Bonchev–Trinajstić information content (AvgIpc) is 2.98. The van der Waals surface area contributed by atoms with Gasteiger partial charge in [0.2, 0.25) is 15.9 Å². The summed E-state index contributed by atoms with van der Waals surface area (Å²) < 4.78 is 42.1. The van der Waals surface area contributed by atoms with Crippen LogP contribution in [0.5, 0.6) is 11.5 Å². The molecule has 2 aromatic rings. The first-order valence-corrected chi connectivity index (χ1v) is 8.79. The molecule has 1 heterocycles. The van der Waals surface area contributed by atoms with Gasteiger partial charge in [-0.1, -0.05) is 5.16 Å². The Kier molecular flexibility index (Phi) is 5.99. The molecule has 0 saturated carbocycles. The third-order valence-electron chi connectivity index (χ3n) is 3.20. The van der Waals surface area contributed by atoms with Crippen molar-refractivity contribution in [3.05, 3.63) is 30.0 Å². The minimum atomic E-state index is -3.87. The van der Waals surface area contributed by atoms with Crippen LogP contribution in [0.25, 0.3) is 0 Å². The van der Waals surface area contributed by atoms with Gasteiger partial charge in [-0.3, -0.25) is 4.79 Å². The molecule has 0 spiro atoms. The lowest BCUT2D eigenvalue weighted by Gasteiger charge is -2.12. The second-order valence-electron chi connectivity index (χ2n) is 5.04. The quantitative estimate of drug-likeness (QED) is 0.720. The van der Waals surface area contributed by atoms with E-state index in [0.29, 0.717) is 11.5 Å². The summed E-state index contributed by atoms with van der Waals surface area (Å²) in [5.74, 6) is 0.991. The number of ether oxygens (including phenoxy) is 2. The summed E-state index contributed by atoms with van der Waals surface area (Å²) in [7, 11) is -1.07. The Bertz CT molecular complexity index is 847. The van der Waals surface area contributed by atoms with Crippen molar-refractivity contribution < 1.29 is 27.2 Å². The Morgan fingerprint density at radius 2 is 2.00 bits per heavy atom. The minimum Gasteiger partial charge on any atom is -0.497 e. The molecule has 0 atom stereocenters. The number of aromatic nitrogens is 1. The van der Waals surface area contributed by atoms with Gasteiger partial charge in [-0.05, 0) is 19.1 Å². The lowest BCUT2D eigenvalue weighted by atomic mass is 10.3. The Morgan fingerprint density at radius 3 is 2.60 bits per heavy atom. The number of anilines is 1. The Morgan fingerprint density at radius 1 is 1.24 bits per heavy atom. The maximum absolute atomic E-state index is 12.4. The van der Waals surface area contributed by atoms with Crippen LogP contribution >= 0.6 is 0 Å². The SMILES string of the molecule is COc1ccc(OC)c(S(=O)(=O)NCCC(=O)Nc2cc(C)on2)c1. The molecule has 25 heavy (non-hydrogen) atoms. The number of methoxy groups -OCH3 is 2. The van der Waals surface area contributed by atoms with Gasteiger partial charge in [-0.25, -0.2) is 13.1 Å². The molecule has 9 nitrogen and oxygen atoms in total. The van der Waals surface area contributed by atoms with Crippen LogP contribution in [-0.2, 0) is 14.8 Å². The van der Waals surface area contributed by atoms with Crippen LogP contribution in [0.4, 0.5) is 5.82 Å². The normalized spacial score (nSPS) is 11.2. The van der Waals surface area contributed by atoms with Gasteiger partial charge < -0.3 is 19.3 Å².